The van der Waals surface area contributed by atoms with Crippen molar-refractivity contribution >= 4 is 10.9 Å². The van der Waals surface area contributed by atoms with E-state index in [-0.39, 0.29) is 12.0 Å². The van der Waals surface area contributed by atoms with Crippen LogP contribution in [0.2, 0.25) is 0 Å². The third-order valence-electron chi connectivity index (χ3n) is 5.69. The van der Waals surface area contributed by atoms with E-state index in [1.165, 1.54) is 16.8 Å². The third-order valence-corrected chi connectivity index (χ3v) is 5.69. The van der Waals surface area contributed by atoms with E-state index in [0.717, 1.165) is 5.56 Å². The zero-order valence-corrected chi connectivity index (χ0v) is 17.5. The number of nitrogens with zero attached hydrogens (tertiary/aromatic N) is 1. The molecule has 1 atom stereocenters. The second kappa shape index (κ2) is 8.48. The lowest BCUT2D eigenvalue weighted by Crippen LogP contribution is -2.52. The molecular formula is C24H26F3NO3. The number of hydrogen-bond donors (Lipinski definition) is 2. The first-order valence-electron chi connectivity index (χ1n) is 10.0. The maximum absolute atomic E-state index is 14.2. The summed E-state index contributed by atoms with van der Waals surface area (Å²) in [5, 5.41) is 20.4. The standard InChI is InChI=1S/C24H26F3NO3/c1-22(2,18-7-5-6-17(14-18)11-13-29)15-23(31,24(25,26)27)16-28-12-10-21(30)19-8-3-4-9-20(19)28/h3-10,12,14,29,31H,11,13,15-16H2,1-2H3. The molecule has 1 heterocycles. The molecule has 0 saturated heterocycles. The molecule has 1 aromatic heterocycles. The van der Waals surface area contributed by atoms with Gasteiger partial charge in [0.1, 0.15) is 0 Å². The molecule has 0 saturated carbocycles. The lowest BCUT2D eigenvalue weighted by Gasteiger charge is -2.38. The van der Waals surface area contributed by atoms with E-state index in [2.05, 4.69) is 0 Å². The minimum atomic E-state index is -4.89. The Morgan fingerprint density at radius 2 is 1.71 bits per heavy atom. The van der Waals surface area contributed by atoms with Crippen LogP contribution in [0.5, 0.6) is 0 Å². The molecule has 1 unspecified atom stereocenters. The van der Waals surface area contributed by atoms with Crippen LogP contribution < -0.4 is 5.43 Å². The molecule has 3 rings (SSSR count). The number of pyridine rings is 1. The largest absolute Gasteiger partial charge is 0.418 e. The van der Waals surface area contributed by atoms with Crippen molar-refractivity contribution in [2.45, 2.75) is 50.4 Å². The van der Waals surface area contributed by atoms with Crippen LogP contribution in [0.1, 0.15) is 31.4 Å². The van der Waals surface area contributed by atoms with E-state index in [9.17, 15) is 23.1 Å². The van der Waals surface area contributed by atoms with Crippen LogP contribution in [0.3, 0.4) is 0 Å². The highest BCUT2D eigenvalue weighted by Gasteiger charge is 2.56. The minimum absolute atomic E-state index is 0.0597. The second-order valence-corrected chi connectivity index (χ2v) is 8.59. The van der Waals surface area contributed by atoms with Crippen molar-refractivity contribution in [2.24, 2.45) is 0 Å². The molecule has 0 aliphatic rings. The molecule has 166 valence electrons. The van der Waals surface area contributed by atoms with Gasteiger partial charge < -0.3 is 14.8 Å². The summed E-state index contributed by atoms with van der Waals surface area (Å²) in [5.74, 6) is 0. The van der Waals surface area contributed by atoms with Gasteiger partial charge in [-0.2, -0.15) is 13.2 Å². The maximum atomic E-state index is 14.2. The highest BCUT2D eigenvalue weighted by atomic mass is 19.4. The average molecular weight is 433 g/mol. The zero-order chi connectivity index (χ0) is 22.9. The van der Waals surface area contributed by atoms with Crippen molar-refractivity contribution in [3.63, 3.8) is 0 Å². The first-order chi connectivity index (χ1) is 14.5. The molecule has 7 heteroatoms. The molecule has 0 fully saturated rings. The molecule has 2 aromatic carbocycles. The molecule has 0 spiro atoms. The molecule has 0 amide bonds. The SMILES string of the molecule is CC(C)(CC(O)(Cn1ccc(=O)c2ccccc21)C(F)(F)F)c1cccc(CCO)c1. The molecule has 0 aliphatic carbocycles. The maximum Gasteiger partial charge on any atom is 0.418 e. The molecule has 0 bridgehead atoms. The fraction of sp³-hybridized carbons (Fsp3) is 0.375. The van der Waals surface area contributed by atoms with Crippen LogP contribution in [0, 0.1) is 0 Å². The predicted octanol–water partition coefficient (Wildman–Crippen LogP) is 4.20. The fourth-order valence-electron chi connectivity index (χ4n) is 4.04. The van der Waals surface area contributed by atoms with Gasteiger partial charge in [-0.15, -0.1) is 0 Å². The van der Waals surface area contributed by atoms with E-state index < -0.39 is 30.2 Å². The van der Waals surface area contributed by atoms with E-state index in [1.807, 2.05) is 0 Å². The number of para-hydroxylation sites is 1. The Kier molecular flexibility index (Phi) is 6.30. The van der Waals surface area contributed by atoms with Crippen molar-refractivity contribution in [3.8, 4) is 0 Å². The molecular weight excluding hydrogens is 407 g/mol. The Bertz CT molecular complexity index is 1120. The van der Waals surface area contributed by atoms with Gasteiger partial charge in [-0.3, -0.25) is 4.79 Å². The highest BCUT2D eigenvalue weighted by molar-refractivity contribution is 5.78. The van der Waals surface area contributed by atoms with Crippen molar-refractivity contribution in [1.29, 1.82) is 0 Å². The Morgan fingerprint density at radius 1 is 1.00 bits per heavy atom. The second-order valence-electron chi connectivity index (χ2n) is 8.59. The highest BCUT2D eigenvalue weighted by Crippen LogP contribution is 2.42. The third kappa shape index (κ3) is 4.83. The Balaban J connectivity index is 2.01. The van der Waals surface area contributed by atoms with E-state index >= 15 is 0 Å². The van der Waals surface area contributed by atoms with E-state index in [0.29, 0.717) is 22.9 Å². The van der Waals surface area contributed by atoms with Crippen LogP contribution in [0.25, 0.3) is 10.9 Å². The number of benzene rings is 2. The summed E-state index contributed by atoms with van der Waals surface area (Å²) in [6.07, 6.45) is -3.78. The van der Waals surface area contributed by atoms with Gasteiger partial charge in [0.2, 0.25) is 0 Å². The minimum Gasteiger partial charge on any atom is -0.396 e. The molecule has 2 N–H and O–H groups in total. The van der Waals surface area contributed by atoms with Gasteiger partial charge in [0.15, 0.2) is 11.0 Å². The number of alkyl halides is 3. The lowest BCUT2D eigenvalue weighted by molar-refractivity contribution is -0.271. The monoisotopic (exact) mass is 433 g/mol. The summed E-state index contributed by atoms with van der Waals surface area (Å²) in [4.78, 5) is 12.1. The van der Waals surface area contributed by atoms with E-state index in [4.69, 9.17) is 5.11 Å². The summed E-state index contributed by atoms with van der Waals surface area (Å²) in [6, 6.07) is 14.7. The summed E-state index contributed by atoms with van der Waals surface area (Å²) < 4.78 is 43.8. The number of hydrogen-bond acceptors (Lipinski definition) is 3. The van der Waals surface area contributed by atoms with Crippen molar-refractivity contribution in [3.05, 3.63) is 82.1 Å². The first kappa shape index (κ1) is 23.0. The number of aliphatic hydroxyl groups excluding tert-OH is 1. The predicted molar refractivity (Wildman–Crippen MR) is 114 cm³/mol. The van der Waals surface area contributed by atoms with E-state index in [1.54, 1.807) is 62.4 Å². The van der Waals surface area contributed by atoms with Gasteiger partial charge in [-0.25, -0.2) is 0 Å². The number of fused-ring (bicyclic) bond motifs is 1. The van der Waals surface area contributed by atoms with Crippen LogP contribution in [-0.4, -0.2) is 33.2 Å². The summed E-state index contributed by atoms with van der Waals surface area (Å²) in [5.41, 5.74) is -2.53. The fourth-order valence-corrected chi connectivity index (χ4v) is 4.04. The molecule has 3 aromatic rings. The van der Waals surface area contributed by atoms with Gasteiger partial charge in [-0.05, 0) is 41.5 Å². The average Bonchev–Trinajstić information content (AvgIpc) is 2.70. The van der Waals surface area contributed by atoms with Crippen molar-refractivity contribution < 1.29 is 23.4 Å². The Hall–Kier alpha value is -2.64. The number of halogens is 3. The topological polar surface area (TPSA) is 62.5 Å². The lowest BCUT2D eigenvalue weighted by atomic mass is 9.74. The summed E-state index contributed by atoms with van der Waals surface area (Å²) in [6.45, 7) is 2.52. The van der Waals surface area contributed by atoms with Crippen LogP contribution in [-0.2, 0) is 18.4 Å². The van der Waals surface area contributed by atoms with Crippen LogP contribution in [0.4, 0.5) is 13.2 Å². The molecule has 0 radical (unpaired) electrons. The molecule has 0 aliphatic heterocycles. The molecule has 4 nitrogen and oxygen atoms in total. The van der Waals surface area contributed by atoms with Crippen LogP contribution in [0.15, 0.2) is 65.6 Å². The Labute approximate surface area is 178 Å². The normalized spacial score (nSPS) is 14.5. The van der Waals surface area contributed by atoms with Gasteiger partial charge in [0, 0.05) is 24.3 Å². The number of aromatic nitrogens is 1. The molecule has 31 heavy (non-hydrogen) atoms. The smallest absolute Gasteiger partial charge is 0.396 e. The van der Waals surface area contributed by atoms with Gasteiger partial charge in [-0.1, -0.05) is 50.2 Å². The summed E-state index contributed by atoms with van der Waals surface area (Å²) >= 11 is 0. The summed E-state index contributed by atoms with van der Waals surface area (Å²) in [7, 11) is 0. The van der Waals surface area contributed by atoms with Crippen molar-refractivity contribution in [1.82, 2.24) is 4.57 Å². The van der Waals surface area contributed by atoms with Crippen LogP contribution >= 0.6 is 0 Å². The van der Waals surface area contributed by atoms with Gasteiger partial charge in [0.05, 0.1) is 12.1 Å². The van der Waals surface area contributed by atoms with Crippen molar-refractivity contribution in [2.75, 3.05) is 6.61 Å². The first-order valence-corrected chi connectivity index (χ1v) is 10.0. The number of rotatable bonds is 7. The van der Waals surface area contributed by atoms with Gasteiger partial charge in [0.25, 0.3) is 0 Å². The quantitative estimate of drug-likeness (QED) is 0.587. The van der Waals surface area contributed by atoms with Gasteiger partial charge >= 0.3 is 6.18 Å². The Morgan fingerprint density at radius 3 is 2.39 bits per heavy atom. The zero-order valence-electron chi connectivity index (χ0n) is 17.5. The number of aliphatic hydroxyl groups is 2.